The number of phenolic OH excluding ortho intramolecular Hbond substituents is 1. The molecule has 0 saturated heterocycles. The molecular formula is C16H16N2O3S. The first-order valence-corrected chi connectivity index (χ1v) is 8.05. The van der Waals surface area contributed by atoms with Crippen LogP contribution in [0, 0.1) is 0 Å². The number of nitrogens with zero attached hydrogens (tertiary/aromatic N) is 2. The first-order valence-electron chi connectivity index (χ1n) is 7.07. The average molecular weight is 316 g/mol. The largest absolute Gasteiger partial charge is 0.508 e. The molecule has 22 heavy (non-hydrogen) atoms. The highest BCUT2D eigenvalue weighted by Crippen LogP contribution is 2.27. The van der Waals surface area contributed by atoms with Crippen molar-refractivity contribution in [3.05, 3.63) is 52.6 Å². The molecule has 0 bridgehead atoms. The van der Waals surface area contributed by atoms with Crippen LogP contribution in [0.15, 0.2) is 51.0 Å². The summed E-state index contributed by atoms with van der Waals surface area (Å²) in [5.41, 5.74) is 0.868. The quantitative estimate of drug-likeness (QED) is 0.577. The summed E-state index contributed by atoms with van der Waals surface area (Å²) in [6.45, 7) is 3.05. The topological polar surface area (TPSA) is 68.3 Å². The van der Waals surface area contributed by atoms with Gasteiger partial charge in [-0.05, 0) is 24.1 Å². The predicted molar refractivity (Wildman–Crippen MR) is 86.2 cm³/mol. The normalized spacial score (nSPS) is 11.1. The second-order valence-corrected chi connectivity index (χ2v) is 5.91. The molecule has 1 aromatic carbocycles. The van der Waals surface area contributed by atoms with Crippen LogP contribution in [-0.4, -0.2) is 14.7 Å². The zero-order valence-electron chi connectivity index (χ0n) is 12.2. The van der Waals surface area contributed by atoms with Gasteiger partial charge in [-0.1, -0.05) is 18.7 Å². The highest BCUT2D eigenvalue weighted by molar-refractivity contribution is 7.98. The highest BCUT2D eigenvalue weighted by Gasteiger charge is 2.09. The number of hydrogen-bond donors (Lipinski definition) is 1. The molecule has 3 rings (SSSR count). The average Bonchev–Trinajstić information content (AvgIpc) is 2.92. The van der Waals surface area contributed by atoms with E-state index in [1.807, 2.05) is 6.20 Å². The van der Waals surface area contributed by atoms with Crippen LogP contribution in [0.1, 0.15) is 18.9 Å². The lowest BCUT2D eigenvalue weighted by atomic mass is 10.1. The van der Waals surface area contributed by atoms with Gasteiger partial charge >= 0.3 is 5.63 Å². The van der Waals surface area contributed by atoms with Gasteiger partial charge in [0.25, 0.3) is 0 Å². The summed E-state index contributed by atoms with van der Waals surface area (Å²) in [6.07, 6.45) is 4.79. The number of imidazole rings is 1. The van der Waals surface area contributed by atoms with E-state index in [0.717, 1.165) is 29.1 Å². The van der Waals surface area contributed by atoms with Crippen LogP contribution in [0.5, 0.6) is 5.75 Å². The van der Waals surface area contributed by atoms with E-state index in [2.05, 4.69) is 16.5 Å². The molecule has 2 heterocycles. The predicted octanol–water partition coefficient (Wildman–Crippen LogP) is 3.40. The van der Waals surface area contributed by atoms with E-state index in [0.29, 0.717) is 11.3 Å². The van der Waals surface area contributed by atoms with Crippen LogP contribution in [-0.2, 0) is 12.3 Å². The maximum absolute atomic E-state index is 11.7. The number of fused-ring (bicyclic) bond motifs is 1. The molecule has 0 aliphatic rings. The molecule has 0 aliphatic carbocycles. The lowest BCUT2D eigenvalue weighted by Crippen LogP contribution is -2.01. The Kier molecular flexibility index (Phi) is 4.20. The Hall–Kier alpha value is -2.21. The van der Waals surface area contributed by atoms with Gasteiger partial charge in [0.15, 0.2) is 5.16 Å². The molecule has 0 spiro atoms. The Balaban J connectivity index is 1.90. The summed E-state index contributed by atoms with van der Waals surface area (Å²) < 4.78 is 7.24. The summed E-state index contributed by atoms with van der Waals surface area (Å²) in [6, 6.07) is 6.32. The fourth-order valence-corrected chi connectivity index (χ4v) is 3.30. The van der Waals surface area contributed by atoms with Gasteiger partial charge in [0, 0.05) is 42.2 Å². The van der Waals surface area contributed by atoms with E-state index >= 15 is 0 Å². The second kappa shape index (κ2) is 6.27. The molecule has 3 aromatic rings. The molecule has 0 atom stereocenters. The van der Waals surface area contributed by atoms with Crippen molar-refractivity contribution in [2.45, 2.75) is 30.8 Å². The fourth-order valence-electron chi connectivity index (χ4n) is 2.33. The van der Waals surface area contributed by atoms with Gasteiger partial charge < -0.3 is 14.1 Å². The molecule has 0 amide bonds. The molecule has 5 nitrogen and oxygen atoms in total. The minimum Gasteiger partial charge on any atom is -0.508 e. The third kappa shape index (κ3) is 3.01. The van der Waals surface area contributed by atoms with Crippen molar-refractivity contribution < 1.29 is 9.52 Å². The Labute approximate surface area is 131 Å². The van der Waals surface area contributed by atoms with Crippen molar-refractivity contribution in [1.82, 2.24) is 9.55 Å². The van der Waals surface area contributed by atoms with Crippen LogP contribution >= 0.6 is 11.8 Å². The van der Waals surface area contributed by atoms with Gasteiger partial charge in [-0.25, -0.2) is 9.78 Å². The van der Waals surface area contributed by atoms with Crippen molar-refractivity contribution in [1.29, 1.82) is 0 Å². The van der Waals surface area contributed by atoms with Gasteiger partial charge in [-0.15, -0.1) is 0 Å². The van der Waals surface area contributed by atoms with E-state index < -0.39 is 5.63 Å². The first-order chi connectivity index (χ1) is 10.7. The number of phenols is 1. The summed E-state index contributed by atoms with van der Waals surface area (Å²) in [7, 11) is 0. The number of thioether (sulfide) groups is 1. The summed E-state index contributed by atoms with van der Waals surface area (Å²) in [4.78, 5) is 16.0. The van der Waals surface area contributed by atoms with Gasteiger partial charge in [0.2, 0.25) is 0 Å². The zero-order chi connectivity index (χ0) is 15.5. The number of benzene rings is 1. The zero-order valence-corrected chi connectivity index (χ0v) is 13.0. The monoisotopic (exact) mass is 316 g/mol. The van der Waals surface area contributed by atoms with Crippen LogP contribution in [0.2, 0.25) is 0 Å². The Morgan fingerprint density at radius 3 is 3.05 bits per heavy atom. The number of aromatic hydroxyl groups is 1. The number of aromatic nitrogens is 2. The molecule has 0 fully saturated rings. The maximum atomic E-state index is 11.7. The molecular weight excluding hydrogens is 300 g/mol. The standard InChI is InChI=1S/C16H16N2O3S/c1-2-6-18-7-5-17-16(18)22-10-11-8-15(20)21-14-9-12(19)3-4-13(11)14/h3-5,7-9,19H,2,6,10H2,1H3. The smallest absolute Gasteiger partial charge is 0.336 e. The van der Waals surface area contributed by atoms with Crippen molar-refractivity contribution in [3.8, 4) is 5.75 Å². The van der Waals surface area contributed by atoms with Gasteiger partial charge in [-0.2, -0.15) is 0 Å². The lowest BCUT2D eigenvalue weighted by Gasteiger charge is -2.07. The molecule has 114 valence electrons. The van der Waals surface area contributed by atoms with Crippen molar-refractivity contribution in [2.75, 3.05) is 0 Å². The Bertz CT molecular complexity index is 854. The van der Waals surface area contributed by atoms with E-state index in [9.17, 15) is 9.90 Å². The van der Waals surface area contributed by atoms with Crippen LogP contribution in [0.25, 0.3) is 11.0 Å². The molecule has 0 unspecified atom stereocenters. The first kappa shape index (κ1) is 14.7. The van der Waals surface area contributed by atoms with Gasteiger partial charge in [0.05, 0.1) is 0 Å². The minimum atomic E-state index is -0.411. The van der Waals surface area contributed by atoms with Crippen molar-refractivity contribution >= 4 is 22.7 Å². The molecule has 0 radical (unpaired) electrons. The molecule has 2 aromatic heterocycles. The summed E-state index contributed by atoms with van der Waals surface area (Å²) in [5, 5.41) is 11.3. The third-order valence-corrected chi connectivity index (χ3v) is 4.37. The third-order valence-electron chi connectivity index (χ3n) is 3.31. The highest BCUT2D eigenvalue weighted by atomic mass is 32.2. The number of hydrogen-bond acceptors (Lipinski definition) is 5. The van der Waals surface area contributed by atoms with Crippen molar-refractivity contribution in [3.63, 3.8) is 0 Å². The van der Waals surface area contributed by atoms with Crippen LogP contribution < -0.4 is 5.63 Å². The van der Waals surface area contributed by atoms with Crippen molar-refractivity contribution in [2.24, 2.45) is 0 Å². The van der Waals surface area contributed by atoms with Gasteiger partial charge in [0.1, 0.15) is 11.3 Å². The minimum absolute atomic E-state index is 0.0824. The van der Waals surface area contributed by atoms with E-state index in [1.54, 1.807) is 30.1 Å². The van der Waals surface area contributed by atoms with E-state index in [4.69, 9.17) is 4.42 Å². The van der Waals surface area contributed by atoms with E-state index in [1.165, 1.54) is 12.1 Å². The summed E-state index contributed by atoms with van der Waals surface area (Å²) >= 11 is 1.58. The Morgan fingerprint density at radius 2 is 2.23 bits per heavy atom. The molecule has 0 saturated carbocycles. The second-order valence-electron chi connectivity index (χ2n) is 4.96. The fraction of sp³-hybridized carbons (Fsp3) is 0.250. The van der Waals surface area contributed by atoms with Crippen LogP contribution in [0.3, 0.4) is 0 Å². The SMILES string of the molecule is CCCn1ccnc1SCc1cc(=O)oc2cc(O)ccc12. The van der Waals surface area contributed by atoms with E-state index in [-0.39, 0.29) is 5.75 Å². The lowest BCUT2D eigenvalue weighted by molar-refractivity contribution is 0.473. The van der Waals surface area contributed by atoms with Crippen LogP contribution in [0.4, 0.5) is 0 Å². The Morgan fingerprint density at radius 1 is 1.36 bits per heavy atom. The molecule has 0 aliphatic heterocycles. The number of aryl methyl sites for hydroxylation is 1. The number of rotatable bonds is 5. The maximum Gasteiger partial charge on any atom is 0.336 e. The summed E-state index contributed by atoms with van der Waals surface area (Å²) in [5.74, 6) is 0.701. The van der Waals surface area contributed by atoms with Gasteiger partial charge in [-0.3, -0.25) is 0 Å². The molecule has 6 heteroatoms. The molecule has 1 N–H and O–H groups in total.